The van der Waals surface area contributed by atoms with Crippen LogP contribution in [-0.4, -0.2) is 30.7 Å². The van der Waals surface area contributed by atoms with E-state index in [9.17, 15) is 0 Å². The molecule has 0 radical (unpaired) electrons. The monoisotopic (exact) mass is 378 g/mol. The first-order valence-electron chi connectivity index (χ1n) is 8.35. The molecule has 5 nitrogen and oxygen atoms in total. The molecule has 0 fully saturated rings. The van der Waals surface area contributed by atoms with Crippen LogP contribution < -0.4 is 14.2 Å². The summed E-state index contributed by atoms with van der Waals surface area (Å²) in [6.07, 6.45) is 1.80. The molecule has 0 spiro atoms. The molecule has 2 aromatic carbocycles. The molecule has 27 heavy (non-hydrogen) atoms. The third kappa shape index (κ3) is 3.08. The van der Waals surface area contributed by atoms with Crippen LogP contribution in [0.3, 0.4) is 0 Å². The predicted octanol–water partition coefficient (Wildman–Crippen LogP) is 5.05. The first-order chi connectivity index (χ1) is 13.2. The fourth-order valence-electron chi connectivity index (χ4n) is 3.10. The summed E-state index contributed by atoms with van der Waals surface area (Å²) in [7, 11) is 4.81. The molecule has 0 bridgehead atoms. The fraction of sp³-hybridized carbons (Fsp3) is 0.143. The topological polar surface area (TPSA) is 53.5 Å². The Morgan fingerprint density at radius 3 is 2.33 bits per heavy atom. The van der Waals surface area contributed by atoms with Crippen LogP contribution in [0.2, 0.25) is 0 Å². The molecule has 0 saturated heterocycles. The summed E-state index contributed by atoms with van der Waals surface area (Å²) in [6.45, 7) is 0. The van der Waals surface area contributed by atoms with Crippen LogP contribution in [0.1, 0.15) is 0 Å². The van der Waals surface area contributed by atoms with Crippen molar-refractivity contribution < 1.29 is 14.2 Å². The van der Waals surface area contributed by atoms with Crippen molar-refractivity contribution in [1.82, 2.24) is 9.36 Å². The molecular weight excluding hydrogens is 360 g/mol. The van der Waals surface area contributed by atoms with E-state index in [1.54, 1.807) is 27.5 Å². The highest BCUT2D eigenvalue weighted by molar-refractivity contribution is 7.04. The van der Waals surface area contributed by atoms with E-state index in [1.807, 2.05) is 23.6 Å². The summed E-state index contributed by atoms with van der Waals surface area (Å²) in [5.74, 6) is 1.77. The second-order valence-electron chi connectivity index (χ2n) is 5.90. The van der Waals surface area contributed by atoms with Gasteiger partial charge in [-0.3, -0.25) is 4.98 Å². The average molecular weight is 378 g/mol. The van der Waals surface area contributed by atoms with Crippen molar-refractivity contribution >= 4 is 22.4 Å². The Morgan fingerprint density at radius 1 is 0.852 bits per heavy atom. The highest BCUT2D eigenvalue weighted by Crippen LogP contribution is 2.43. The summed E-state index contributed by atoms with van der Waals surface area (Å²) < 4.78 is 21.0. The van der Waals surface area contributed by atoms with Gasteiger partial charge in [0.2, 0.25) is 5.75 Å². The van der Waals surface area contributed by atoms with Crippen molar-refractivity contribution in [3.63, 3.8) is 0 Å². The van der Waals surface area contributed by atoms with E-state index in [0.29, 0.717) is 17.2 Å². The van der Waals surface area contributed by atoms with Crippen LogP contribution in [-0.2, 0) is 0 Å². The molecule has 4 aromatic rings. The fourth-order valence-corrected chi connectivity index (χ4v) is 3.82. The molecule has 0 unspecified atom stereocenters. The van der Waals surface area contributed by atoms with Crippen LogP contribution in [0.4, 0.5) is 0 Å². The first-order valence-corrected chi connectivity index (χ1v) is 9.18. The third-order valence-corrected chi connectivity index (χ3v) is 5.05. The van der Waals surface area contributed by atoms with Crippen LogP contribution in [0, 0.1) is 0 Å². The highest BCUT2D eigenvalue weighted by atomic mass is 32.1. The Bertz CT molecular complexity index is 1080. The number of aromatic nitrogens is 2. The van der Waals surface area contributed by atoms with Gasteiger partial charge >= 0.3 is 0 Å². The van der Waals surface area contributed by atoms with Crippen molar-refractivity contribution in [1.29, 1.82) is 0 Å². The van der Waals surface area contributed by atoms with E-state index in [2.05, 4.69) is 33.6 Å². The zero-order valence-electron chi connectivity index (χ0n) is 15.2. The summed E-state index contributed by atoms with van der Waals surface area (Å²) >= 11 is 1.41. The number of nitrogens with zero attached hydrogens (tertiary/aromatic N) is 2. The minimum atomic E-state index is 0.565. The van der Waals surface area contributed by atoms with Crippen molar-refractivity contribution in [2.45, 2.75) is 0 Å². The van der Waals surface area contributed by atoms with Gasteiger partial charge in [-0.05, 0) is 41.4 Å². The van der Waals surface area contributed by atoms with E-state index in [0.717, 1.165) is 33.3 Å². The van der Waals surface area contributed by atoms with Gasteiger partial charge in [-0.25, -0.2) is 0 Å². The lowest BCUT2D eigenvalue weighted by Crippen LogP contribution is -1.96. The second kappa shape index (κ2) is 7.25. The summed E-state index contributed by atoms with van der Waals surface area (Å²) in [5.41, 5.74) is 4.84. The summed E-state index contributed by atoms with van der Waals surface area (Å²) in [6, 6.07) is 14.1. The summed E-state index contributed by atoms with van der Waals surface area (Å²) in [5, 5.41) is 3.15. The maximum Gasteiger partial charge on any atom is 0.203 e. The number of methoxy groups -OCH3 is 3. The van der Waals surface area contributed by atoms with Crippen LogP contribution in [0.5, 0.6) is 17.2 Å². The molecular formula is C21H18N2O3S. The van der Waals surface area contributed by atoms with Gasteiger partial charge in [0.15, 0.2) is 11.5 Å². The number of hydrogen-bond acceptors (Lipinski definition) is 6. The number of fused-ring (bicyclic) bond motifs is 1. The second-order valence-corrected chi connectivity index (χ2v) is 6.53. The van der Waals surface area contributed by atoms with Crippen LogP contribution in [0.15, 0.2) is 54.0 Å². The Labute approximate surface area is 161 Å². The quantitative estimate of drug-likeness (QED) is 0.486. The van der Waals surface area contributed by atoms with Gasteiger partial charge < -0.3 is 14.2 Å². The minimum Gasteiger partial charge on any atom is -0.493 e. The zero-order valence-corrected chi connectivity index (χ0v) is 16.0. The van der Waals surface area contributed by atoms with Crippen molar-refractivity contribution in [3.05, 3.63) is 54.0 Å². The van der Waals surface area contributed by atoms with Gasteiger partial charge in [-0.2, -0.15) is 4.37 Å². The Kier molecular flexibility index (Phi) is 4.64. The zero-order chi connectivity index (χ0) is 18.8. The lowest BCUT2D eigenvalue weighted by Gasteiger charge is -2.14. The molecule has 4 rings (SSSR count). The van der Waals surface area contributed by atoms with Gasteiger partial charge in [-0.1, -0.05) is 18.2 Å². The number of ether oxygens (including phenoxy) is 3. The average Bonchev–Trinajstić information content (AvgIpc) is 3.22. The van der Waals surface area contributed by atoms with Crippen molar-refractivity contribution in [2.24, 2.45) is 0 Å². The Balaban J connectivity index is 1.86. The lowest BCUT2D eigenvalue weighted by molar-refractivity contribution is 0.324. The van der Waals surface area contributed by atoms with Crippen LogP contribution >= 0.6 is 11.5 Å². The summed E-state index contributed by atoms with van der Waals surface area (Å²) in [4.78, 5) is 4.46. The predicted molar refractivity (Wildman–Crippen MR) is 108 cm³/mol. The smallest absolute Gasteiger partial charge is 0.203 e. The molecule has 0 saturated carbocycles. The molecule has 0 aliphatic rings. The Hall–Kier alpha value is -3.12. The number of hydrogen-bond donors (Lipinski definition) is 0. The van der Waals surface area contributed by atoms with E-state index >= 15 is 0 Å². The molecule has 0 N–H and O–H groups in total. The van der Waals surface area contributed by atoms with Gasteiger partial charge in [0.05, 0.1) is 32.5 Å². The lowest BCUT2D eigenvalue weighted by atomic mass is 10.00. The van der Waals surface area contributed by atoms with Crippen LogP contribution in [0.25, 0.3) is 33.3 Å². The highest BCUT2D eigenvalue weighted by Gasteiger charge is 2.18. The Morgan fingerprint density at radius 2 is 1.63 bits per heavy atom. The maximum atomic E-state index is 5.48. The van der Waals surface area contributed by atoms with Gasteiger partial charge in [0.25, 0.3) is 0 Å². The van der Waals surface area contributed by atoms with Gasteiger partial charge in [0.1, 0.15) is 0 Å². The van der Waals surface area contributed by atoms with Crippen molar-refractivity contribution in [3.8, 4) is 39.6 Å². The molecule has 0 aliphatic carbocycles. The normalized spacial score (nSPS) is 10.8. The molecule has 6 heteroatoms. The number of rotatable bonds is 5. The van der Waals surface area contributed by atoms with E-state index < -0.39 is 0 Å². The van der Waals surface area contributed by atoms with E-state index in [4.69, 9.17) is 14.2 Å². The van der Waals surface area contributed by atoms with Crippen molar-refractivity contribution in [2.75, 3.05) is 21.3 Å². The largest absolute Gasteiger partial charge is 0.493 e. The molecule has 0 aliphatic heterocycles. The van der Waals surface area contributed by atoms with Gasteiger partial charge in [0, 0.05) is 28.1 Å². The minimum absolute atomic E-state index is 0.565. The molecule has 0 amide bonds. The molecule has 136 valence electrons. The molecule has 2 aromatic heterocycles. The van der Waals surface area contributed by atoms with Gasteiger partial charge in [-0.15, -0.1) is 0 Å². The SMILES string of the molecule is COc1cc(-c2nscc2-c2ccc3cccnc3c2)cc(OC)c1OC. The van der Waals surface area contributed by atoms with E-state index in [1.165, 1.54) is 11.5 Å². The third-order valence-electron chi connectivity index (χ3n) is 4.42. The maximum absolute atomic E-state index is 5.48. The van der Waals surface area contributed by atoms with E-state index in [-0.39, 0.29) is 0 Å². The molecule has 0 atom stereocenters. The first kappa shape index (κ1) is 17.3. The standard InChI is InChI=1S/C21H18N2O3S/c1-24-18-10-15(11-19(25-2)21(18)26-3)20-16(12-27-23-20)14-7-6-13-5-4-8-22-17(13)9-14/h4-12H,1-3H3. The molecule has 2 heterocycles. The number of pyridine rings is 1. The number of benzene rings is 2.